The first-order valence-electron chi connectivity index (χ1n) is 7.59. The summed E-state index contributed by atoms with van der Waals surface area (Å²) in [7, 11) is 0. The fraction of sp³-hybridized carbons (Fsp3) is 0.375. The number of carbonyl (C=O) groups is 2. The monoisotopic (exact) mass is 332 g/mol. The number of nitrogens with one attached hydrogen (secondary N) is 2. The van der Waals surface area contributed by atoms with E-state index in [1.807, 2.05) is 37.3 Å². The molecular weight excluding hydrogens is 312 g/mol. The molecule has 2 rings (SSSR count). The van der Waals surface area contributed by atoms with Crippen molar-refractivity contribution in [1.82, 2.24) is 15.5 Å². The Morgan fingerprint density at radius 3 is 2.65 bits per heavy atom. The molecule has 2 amide bonds. The molecule has 0 saturated heterocycles. The van der Waals surface area contributed by atoms with Gasteiger partial charge in [-0.2, -0.15) is 0 Å². The first-order chi connectivity index (χ1) is 11.1. The minimum Gasteiger partial charge on any atom is -0.345 e. The van der Waals surface area contributed by atoms with E-state index in [9.17, 15) is 9.59 Å². The van der Waals surface area contributed by atoms with Crippen LogP contribution in [0.5, 0.6) is 0 Å². The smallest absolute Gasteiger partial charge is 0.248 e. The second-order valence-electron chi connectivity index (χ2n) is 5.16. The second kappa shape index (κ2) is 8.38. The molecule has 0 aliphatic heterocycles. The van der Waals surface area contributed by atoms with E-state index in [4.69, 9.17) is 0 Å². The molecule has 1 heterocycles. The van der Waals surface area contributed by atoms with Gasteiger partial charge in [-0.3, -0.25) is 14.9 Å². The number of hydrogen-bond acceptors (Lipinski definition) is 5. The molecule has 1 unspecified atom stereocenters. The number of unbranched alkanes of at least 4 members (excludes halogenated alkanes) is 1. The summed E-state index contributed by atoms with van der Waals surface area (Å²) in [4.78, 5) is 23.7. The predicted molar refractivity (Wildman–Crippen MR) is 91.1 cm³/mol. The Hall–Kier alpha value is -2.28. The summed E-state index contributed by atoms with van der Waals surface area (Å²) in [5.74, 6) is -0.414. The third kappa shape index (κ3) is 5.14. The van der Waals surface area contributed by atoms with Crippen LogP contribution in [0.1, 0.15) is 33.1 Å². The van der Waals surface area contributed by atoms with Crippen LogP contribution in [-0.2, 0) is 9.59 Å². The topological polar surface area (TPSA) is 84.0 Å². The molecule has 1 atom stereocenters. The van der Waals surface area contributed by atoms with Crippen molar-refractivity contribution in [2.24, 2.45) is 0 Å². The molecule has 2 aromatic rings. The molecule has 0 saturated carbocycles. The van der Waals surface area contributed by atoms with Gasteiger partial charge in [-0.05, 0) is 13.3 Å². The van der Waals surface area contributed by atoms with Gasteiger partial charge in [0.05, 0.1) is 0 Å². The molecule has 0 fully saturated rings. The molecule has 6 nitrogen and oxygen atoms in total. The highest BCUT2D eigenvalue weighted by molar-refractivity contribution is 7.18. The second-order valence-corrected chi connectivity index (χ2v) is 6.14. The van der Waals surface area contributed by atoms with Crippen LogP contribution in [0, 0.1) is 0 Å². The highest BCUT2D eigenvalue weighted by Crippen LogP contribution is 2.25. The van der Waals surface area contributed by atoms with Crippen molar-refractivity contribution in [1.29, 1.82) is 0 Å². The van der Waals surface area contributed by atoms with Crippen molar-refractivity contribution < 1.29 is 9.59 Å². The highest BCUT2D eigenvalue weighted by Gasteiger charge is 2.17. The molecular formula is C16H20N4O2S. The standard InChI is InChI=1S/C16H20N4O2S/c1-3-4-10-13(21)17-11(2)14(22)18-16-20-19-15(23-16)12-8-6-5-7-9-12/h5-9,11H,3-4,10H2,1-2H3,(H,17,21)(H,18,20,22). The molecule has 23 heavy (non-hydrogen) atoms. The number of amides is 2. The Labute approximate surface area is 139 Å². The predicted octanol–water partition coefficient (Wildman–Crippen LogP) is 2.84. The average molecular weight is 332 g/mol. The summed E-state index contributed by atoms with van der Waals surface area (Å²) >= 11 is 1.30. The largest absolute Gasteiger partial charge is 0.345 e. The minimum absolute atomic E-state index is 0.114. The Morgan fingerprint density at radius 1 is 1.22 bits per heavy atom. The molecule has 0 aliphatic carbocycles. The quantitative estimate of drug-likeness (QED) is 0.816. The first-order valence-corrected chi connectivity index (χ1v) is 8.41. The molecule has 0 bridgehead atoms. The maximum absolute atomic E-state index is 12.1. The number of carbonyl (C=O) groups excluding carboxylic acids is 2. The van der Waals surface area contributed by atoms with Crippen molar-refractivity contribution in [3.8, 4) is 10.6 Å². The normalized spacial score (nSPS) is 11.7. The summed E-state index contributed by atoms with van der Waals surface area (Å²) in [6, 6.07) is 9.02. The molecule has 2 N–H and O–H groups in total. The number of anilines is 1. The van der Waals surface area contributed by atoms with Crippen LogP contribution in [0.2, 0.25) is 0 Å². The van der Waals surface area contributed by atoms with Gasteiger partial charge in [-0.25, -0.2) is 0 Å². The van der Waals surface area contributed by atoms with Gasteiger partial charge in [0.2, 0.25) is 16.9 Å². The lowest BCUT2D eigenvalue weighted by molar-refractivity contribution is -0.126. The van der Waals surface area contributed by atoms with Gasteiger partial charge >= 0.3 is 0 Å². The fourth-order valence-electron chi connectivity index (χ4n) is 1.90. The number of nitrogens with zero attached hydrogens (tertiary/aromatic N) is 2. The van der Waals surface area contributed by atoms with Crippen LogP contribution in [0.3, 0.4) is 0 Å². The molecule has 0 radical (unpaired) electrons. The third-order valence-corrected chi connectivity index (χ3v) is 4.09. The Kier molecular flexibility index (Phi) is 6.22. The number of rotatable bonds is 7. The molecule has 0 aliphatic rings. The Balaban J connectivity index is 1.90. The Bertz CT molecular complexity index is 657. The Morgan fingerprint density at radius 2 is 1.96 bits per heavy atom. The van der Waals surface area contributed by atoms with E-state index in [2.05, 4.69) is 20.8 Å². The van der Waals surface area contributed by atoms with Gasteiger partial charge in [0, 0.05) is 12.0 Å². The zero-order valence-electron chi connectivity index (χ0n) is 13.2. The van der Waals surface area contributed by atoms with Crippen LogP contribution in [0.15, 0.2) is 30.3 Å². The van der Waals surface area contributed by atoms with Crippen molar-refractivity contribution in [2.45, 2.75) is 39.2 Å². The summed E-state index contributed by atoms with van der Waals surface area (Å²) in [6.07, 6.45) is 2.20. The lowest BCUT2D eigenvalue weighted by Gasteiger charge is -2.12. The highest BCUT2D eigenvalue weighted by atomic mass is 32.1. The minimum atomic E-state index is -0.608. The maximum Gasteiger partial charge on any atom is 0.248 e. The summed E-state index contributed by atoms with van der Waals surface area (Å²) in [5, 5.41) is 14.6. The van der Waals surface area contributed by atoms with Gasteiger partial charge in [0.25, 0.3) is 0 Å². The van der Waals surface area contributed by atoms with E-state index in [0.29, 0.717) is 11.6 Å². The van der Waals surface area contributed by atoms with Gasteiger partial charge in [-0.15, -0.1) is 10.2 Å². The maximum atomic E-state index is 12.1. The van der Waals surface area contributed by atoms with Crippen LogP contribution in [-0.4, -0.2) is 28.1 Å². The van der Waals surface area contributed by atoms with Gasteiger partial charge < -0.3 is 5.32 Å². The van der Waals surface area contributed by atoms with Crippen molar-refractivity contribution >= 4 is 28.3 Å². The lowest BCUT2D eigenvalue weighted by atomic mass is 10.2. The van der Waals surface area contributed by atoms with Crippen LogP contribution >= 0.6 is 11.3 Å². The van der Waals surface area contributed by atoms with E-state index in [1.165, 1.54) is 11.3 Å². The first kappa shape index (κ1) is 17.1. The fourth-order valence-corrected chi connectivity index (χ4v) is 2.65. The van der Waals surface area contributed by atoms with E-state index in [-0.39, 0.29) is 11.8 Å². The average Bonchev–Trinajstić information content (AvgIpc) is 3.02. The van der Waals surface area contributed by atoms with Gasteiger partial charge in [0.1, 0.15) is 11.0 Å². The molecule has 122 valence electrons. The van der Waals surface area contributed by atoms with Crippen molar-refractivity contribution in [2.75, 3.05) is 5.32 Å². The summed E-state index contributed by atoms with van der Waals surface area (Å²) in [5.41, 5.74) is 0.950. The van der Waals surface area contributed by atoms with Gasteiger partial charge in [0.15, 0.2) is 0 Å². The zero-order valence-corrected chi connectivity index (χ0v) is 14.0. The van der Waals surface area contributed by atoms with E-state index < -0.39 is 6.04 Å². The van der Waals surface area contributed by atoms with Crippen LogP contribution in [0.25, 0.3) is 10.6 Å². The number of benzene rings is 1. The van der Waals surface area contributed by atoms with Crippen molar-refractivity contribution in [3.05, 3.63) is 30.3 Å². The van der Waals surface area contributed by atoms with Gasteiger partial charge in [-0.1, -0.05) is 55.0 Å². The summed E-state index contributed by atoms with van der Waals surface area (Å²) < 4.78 is 0. The SMILES string of the molecule is CCCCC(=O)NC(C)C(=O)Nc1nnc(-c2ccccc2)s1. The molecule has 1 aromatic heterocycles. The zero-order chi connectivity index (χ0) is 16.7. The van der Waals surface area contributed by atoms with Crippen LogP contribution in [0.4, 0.5) is 5.13 Å². The summed E-state index contributed by atoms with van der Waals surface area (Å²) in [6.45, 7) is 3.67. The third-order valence-electron chi connectivity index (χ3n) is 3.20. The van der Waals surface area contributed by atoms with Crippen LogP contribution < -0.4 is 10.6 Å². The number of aromatic nitrogens is 2. The van der Waals surface area contributed by atoms with E-state index in [0.717, 1.165) is 23.4 Å². The molecule has 0 spiro atoms. The number of hydrogen-bond donors (Lipinski definition) is 2. The molecule has 1 aromatic carbocycles. The van der Waals surface area contributed by atoms with E-state index >= 15 is 0 Å². The van der Waals surface area contributed by atoms with E-state index in [1.54, 1.807) is 6.92 Å². The molecule has 7 heteroatoms. The lowest BCUT2D eigenvalue weighted by Crippen LogP contribution is -2.41. The van der Waals surface area contributed by atoms with Crippen molar-refractivity contribution in [3.63, 3.8) is 0 Å².